The average Bonchev–Trinajstić information content (AvgIpc) is 2.24. The fourth-order valence-corrected chi connectivity index (χ4v) is 1.50. The molecule has 2 N–H and O–H groups in total. The van der Waals surface area contributed by atoms with Crippen LogP contribution in [0.4, 0.5) is 13.2 Å². The molecule has 0 fully saturated rings. The van der Waals surface area contributed by atoms with E-state index >= 15 is 0 Å². The van der Waals surface area contributed by atoms with Gasteiger partial charge in [0.05, 0.1) is 0 Å². The normalized spacial score (nSPS) is 13.3. The molecule has 1 atom stereocenters. The van der Waals surface area contributed by atoms with E-state index in [4.69, 9.17) is 5.11 Å². The van der Waals surface area contributed by atoms with Crippen molar-refractivity contribution in [3.8, 4) is 0 Å². The summed E-state index contributed by atoms with van der Waals surface area (Å²) in [5.74, 6) is -4.23. The third-order valence-corrected chi connectivity index (χ3v) is 2.62. The summed E-state index contributed by atoms with van der Waals surface area (Å²) < 4.78 is 37.1. The minimum Gasteiger partial charge on any atom is -0.481 e. The van der Waals surface area contributed by atoms with Gasteiger partial charge in [-0.3, -0.25) is 4.79 Å². The molecule has 3 nitrogen and oxygen atoms in total. The Kier molecular flexibility index (Phi) is 4.72. The summed E-state index contributed by atoms with van der Waals surface area (Å²) in [7, 11) is 0. The quantitative estimate of drug-likeness (QED) is 0.855. The van der Waals surface area contributed by atoms with E-state index < -0.39 is 24.6 Å². The molecular formula is C12H14F3NO2. The van der Waals surface area contributed by atoms with Gasteiger partial charge in [0.2, 0.25) is 0 Å². The number of aliphatic carboxylic acids is 1. The summed E-state index contributed by atoms with van der Waals surface area (Å²) in [5, 5.41) is 11.0. The van der Waals surface area contributed by atoms with E-state index in [0.29, 0.717) is 0 Å². The van der Waals surface area contributed by atoms with Gasteiger partial charge in [-0.1, -0.05) is 24.3 Å². The molecule has 0 heterocycles. The molecule has 0 aromatic heterocycles. The minimum absolute atomic E-state index is 0.215. The zero-order valence-electron chi connectivity index (χ0n) is 9.79. The molecule has 1 rings (SSSR count). The number of nitrogens with one attached hydrogen (secondary N) is 1. The van der Waals surface area contributed by atoms with Gasteiger partial charge < -0.3 is 10.4 Å². The maximum absolute atomic E-state index is 12.4. The monoisotopic (exact) mass is 261 g/mol. The average molecular weight is 261 g/mol. The number of benzene rings is 1. The zero-order chi connectivity index (χ0) is 13.8. The number of rotatable bonds is 5. The van der Waals surface area contributed by atoms with Crippen LogP contribution in [0.5, 0.6) is 0 Å². The Balaban J connectivity index is 2.55. The molecule has 0 radical (unpaired) electrons. The van der Waals surface area contributed by atoms with Gasteiger partial charge in [0.15, 0.2) is 5.92 Å². The maximum Gasteiger partial charge on any atom is 0.403 e. The van der Waals surface area contributed by atoms with Crippen LogP contribution in [0.15, 0.2) is 24.3 Å². The van der Waals surface area contributed by atoms with Crippen LogP contribution < -0.4 is 5.32 Å². The van der Waals surface area contributed by atoms with Gasteiger partial charge in [0, 0.05) is 13.1 Å². The summed E-state index contributed by atoms with van der Waals surface area (Å²) in [4.78, 5) is 10.5. The molecule has 0 amide bonds. The Morgan fingerprint density at radius 1 is 1.39 bits per heavy atom. The summed E-state index contributed by atoms with van der Waals surface area (Å²) >= 11 is 0. The molecule has 1 aromatic carbocycles. The van der Waals surface area contributed by atoms with Crippen molar-refractivity contribution >= 4 is 5.97 Å². The molecule has 0 saturated carbocycles. The van der Waals surface area contributed by atoms with Crippen molar-refractivity contribution in [1.82, 2.24) is 5.32 Å². The second-order valence-corrected chi connectivity index (χ2v) is 3.99. The highest BCUT2D eigenvalue weighted by molar-refractivity contribution is 5.71. The van der Waals surface area contributed by atoms with Crippen molar-refractivity contribution in [2.24, 2.45) is 5.92 Å². The lowest BCUT2D eigenvalue weighted by atomic mass is 10.1. The first-order chi connectivity index (χ1) is 8.32. The van der Waals surface area contributed by atoms with Crippen molar-refractivity contribution in [1.29, 1.82) is 0 Å². The third-order valence-electron chi connectivity index (χ3n) is 2.62. The summed E-state index contributed by atoms with van der Waals surface area (Å²) in [6, 6.07) is 7.23. The number of carboxylic acid groups (broad SMARTS) is 1. The molecule has 6 heteroatoms. The van der Waals surface area contributed by atoms with E-state index in [-0.39, 0.29) is 6.54 Å². The molecule has 18 heavy (non-hydrogen) atoms. The molecule has 1 unspecified atom stereocenters. The lowest BCUT2D eigenvalue weighted by molar-refractivity contribution is -0.192. The molecule has 0 aliphatic heterocycles. The van der Waals surface area contributed by atoms with Crippen LogP contribution in [0.25, 0.3) is 0 Å². The van der Waals surface area contributed by atoms with Gasteiger partial charge >= 0.3 is 12.1 Å². The van der Waals surface area contributed by atoms with Crippen LogP contribution in [-0.4, -0.2) is 23.8 Å². The lowest BCUT2D eigenvalue weighted by Crippen LogP contribution is -2.38. The standard InChI is InChI=1S/C12H14F3NO2/c1-8-4-2-3-5-9(8)6-16-7-10(11(17)18)12(13,14)15/h2-5,10,16H,6-7H2,1H3,(H,17,18). The number of carboxylic acids is 1. The van der Waals surface area contributed by atoms with Crippen molar-refractivity contribution < 1.29 is 23.1 Å². The molecule has 0 saturated heterocycles. The molecule has 100 valence electrons. The second-order valence-electron chi connectivity index (χ2n) is 3.99. The van der Waals surface area contributed by atoms with Crippen LogP contribution in [0.3, 0.4) is 0 Å². The molecule has 0 aliphatic carbocycles. The predicted molar refractivity (Wildman–Crippen MR) is 60.1 cm³/mol. The van der Waals surface area contributed by atoms with E-state index in [1.54, 1.807) is 12.1 Å². The van der Waals surface area contributed by atoms with E-state index in [0.717, 1.165) is 11.1 Å². The van der Waals surface area contributed by atoms with Gasteiger partial charge in [0.1, 0.15) is 0 Å². The highest BCUT2D eigenvalue weighted by atomic mass is 19.4. The van der Waals surface area contributed by atoms with Crippen molar-refractivity contribution in [3.63, 3.8) is 0 Å². The second kappa shape index (κ2) is 5.86. The molecule has 0 bridgehead atoms. The van der Waals surface area contributed by atoms with Crippen molar-refractivity contribution in [3.05, 3.63) is 35.4 Å². The Hall–Kier alpha value is -1.56. The number of halogens is 3. The number of aryl methyl sites for hydroxylation is 1. The van der Waals surface area contributed by atoms with Gasteiger partial charge in [-0.05, 0) is 18.1 Å². The maximum atomic E-state index is 12.4. The first-order valence-corrected chi connectivity index (χ1v) is 5.37. The zero-order valence-corrected chi connectivity index (χ0v) is 9.79. The van der Waals surface area contributed by atoms with Crippen LogP contribution in [0.2, 0.25) is 0 Å². The SMILES string of the molecule is Cc1ccccc1CNCC(C(=O)O)C(F)(F)F. The third kappa shape index (κ3) is 4.03. The van der Waals surface area contributed by atoms with Crippen LogP contribution in [0.1, 0.15) is 11.1 Å². The predicted octanol–water partition coefficient (Wildman–Crippen LogP) is 2.35. The Bertz CT molecular complexity index is 418. The van der Waals surface area contributed by atoms with E-state index in [9.17, 15) is 18.0 Å². The topological polar surface area (TPSA) is 49.3 Å². The molecule has 0 aliphatic rings. The Morgan fingerprint density at radius 2 is 2.00 bits per heavy atom. The smallest absolute Gasteiger partial charge is 0.403 e. The van der Waals surface area contributed by atoms with Crippen molar-refractivity contribution in [2.75, 3.05) is 6.54 Å². The number of alkyl halides is 3. The molecule has 0 spiro atoms. The first-order valence-electron chi connectivity index (χ1n) is 5.37. The number of hydrogen-bond donors (Lipinski definition) is 2. The number of carbonyl (C=O) groups is 1. The summed E-state index contributed by atoms with van der Waals surface area (Å²) in [6.07, 6.45) is -4.73. The summed E-state index contributed by atoms with van der Waals surface area (Å²) in [6.45, 7) is 1.43. The van der Waals surface area contributed by atoms with Crippen LogP contribution in [0, 0.1) is 12.8 Å². The van der Waals surface area contributed by atoms with Gasteiger partial charge in [-0.2, -0.15) is 13.2 Å². The van der Waals surface area contributed by atoms with E-state index in [1.165, 1.54) is 0 Å². The highest BCUT2D eigenvalue weighted by Gasteiger charge is 2.44. The van der Waals surface area contributed by atoms with Crippen LogP contribution in [-0.2, 0) is 11.3 Å². The van der Waals surface area contributed by atoms with Gasteiger partial charge in [0.25, 0.3) is 0 Å². The minimum atomic E-state index is -4.73. The fraction of sp³-hybridized carbons (Fsp3) is 0.417. The first kappa shape index (κ1) is 14.5. The van der Waals surface area contributed by atoms with Crippen LogP contribution >= 0.6 is 0 Å². The molecular weight excluding hydrogens is 247 g/mol. The van der Waals surface area contributed by atoms with Gasteiger partial charge in [-0.25, -0.2) is 0 Å². The Morgan fingerprint density at radius 3 is 2.50 bits per heavy atom. The number of hydrogen-bond acceptors (Lipinski definition) is 2. The fourth-order valence-electron chi connectivity index (χ4n) is 1.50. The summed E-state index contributed by atoms with van der Waals surface area (Å²) in [5.41, 5.74) is 1.80. The lowest BCUT2D eigenvalue weighted by Gasteiger charge is -2.17. The van der Waals surface area contributed by atoms with Gasteiger partial charge in [-0.15, -0.1) is 0 Å². The molecule has 1 aromatic rings. The van der Waals surface area contributed by atoms with Crippen molar-refractivity contribution in [2.45, 2.75) is 19.6 Å². The van der Waals surface area contributed by atoms with E-state index in [2.05, 4.69) is 5.32 Å². The van der Waals surface area contributed by atoms with E-state index in [1.807, 2.05) is 19.1 Å². The largest absolute Gasteiger partial charge is 0.481 e. The highest BCUT2D eigenvalue weighted by Crippen LogP contribution is 2.25. The Labute approximate surface area is 103 Å².